The lowest BCUT2D eigenvalue weighted by molar-refractivity contribution is -0.115. The molecule has 24 heavy (non-hydrogen) atoms. The number of rotatable bonds is 3. The van der Waals surface area contributed by atoms with Crippen LogP contribution in [0.5, 0.6) is 0 Å². The summed E-state index contributed by atoms with van der Waals surface area (Å²) in [6.45, 7) is 6.29. The standard InChI is InChI=1S/C18H18FN3OS/c1-11(2)22-10-13(8-12(22)3)9-16-17(23)21-18(24-16)20-15-6-4-14(19)5-7-15/h4-11H,1-3H3,(H,20,21,23)/b16-9+. The molecule has 1 saturated heterocycles. The van der Waals surface area contributed by atoms with Gasteiger partial charge in [0.15, 0.2) is 5.17 Å². The number of amidine groups is 1. The third kappa shape index (κ3) is 3.59. The van der Waals surface area contributed by atoms with Crippen LogP contribution in [-0.2, 0) is 4.79 Å². The monoisotopic (exact) mass is 343 g/mol. The number of thioether (sulfide) groups is 1. The smallest absolute Gasteiger partial charge is 0.264 e. The summed E-state index contributed by atoms with van der Waals surface area (Å²) in [7, 11) is 0. The van der Waals surface area contributed by atoms with E-state index in [1.807, 2.05) is 19.2 Å². The first-order chi connectivity index (χ1) is 11.4. The van der Waals surface area contributed by atoms with Crippen LogP contribution in [0, 0.1) is 12.7 Å². The number of aryl methyl sites for hydroxylation is 1. The van der Waals surface area contributed by atoms with E-state index < -0.39 is 0 Å². The van der Waals surface area contributed by atoms with Gasteiger partial charge in [-0.05, 0) is 74.5 Å². The molecule has 0 atom stereocenters. The fraction of sp³-hybridized carbons (Fsp3) is 0.222. The molecule has 0 spiro atoms. The first-order valence-electron chi connectivity index (χ1n) is 7.66. The van der Waals surface area contributed by atoms with Gasteiger partial charge < -0.3 is 9.88 Å². The van der Waals surface area contributed by atoms with Crippen LogP contribution in [0.15, 0.2) is 46.4 Å². The second-order valence-electron chi connectivity index (χ2n) is 5.87. The van der Waals surface area contributed by atoms with E-state index in [2.05, 4.69) is 34.8 Å². The van der Waals surface area contributed by atoms with Gasteiger partial charge in [0, 0.05) is 17.9 Å². The Balaban J connectivity index is 1.82. The van der Waals surface area contributed by atoms with Crippen molar-refractivity contribution in [2.24, 2.45) is 4.99 Å². The number of benzene rings is 1. The number of aliphatic imine (C=N–C) groups is 1. The maximum Gasteiger partial charge on any atom is 0.264 e. The van der Waals surface area contributed by atoms with E-state index in [-0.39, 0.29) is 11.7 Å². The molecule has 2 heterocycles. The minimum absolute atomic E-state index is 0.171. The molecule has 0 saturated carbocycles. The van der Waals surface area contributed by atoms with Crippen LogP contribution in [0.2, 0.25) is 0 Å². The number of nitrogens with zero attached hydrogens (tertiary/aromatic N) is 2. The van der Waals surface area contributed by atoms with E-state index in [4.69, 9.17) is 0 Å². The number of hydrogen-bond acceptors (Lipinski definition) is 3. The van der Waals surface area contributed by atoms with E-state index in [1.54, 1.807) is 12.1 Å². The summed E-state index contributed by atoms with van der Waals surface area (Å²) in [5.74, 6) is -0.483. The molecule has 0 unspecified atom stereocenters. The summed E-state index contributed by atoms with van der Waals surface area (Å²) in [6.07, 6.45) is 3.90. The maximum atomic E-state index is 12.9. The van der Waals surface area contributed by atoms with Gasteiger partial charge in [0.1, 0.15) is 5.82 Å². The highest BCUT2D eigenvalue weighted by atomic mass is 32.2. The van der Waals surface area contributed by atoms with E-state index in [0.29, 0.717) is 21.8 Å². The van der Waals surface area contributed by atoms with E-state index in [1.165, 1.54) is 23.9 Å². The summed E-state index contributed by atoms with van der Waals surface area (Å²) >= 11 is 1.28. The predicted octanol–water partition coefficient (Wildman–Crippen LogP) is 4.41. The Hall–Kier alpha value is -2.34. The molecule has 4 nitrogen and oxygen atoms in total. The highest BCUT2D eigenvalue weighted by Gasteiger charge is 2.24. The average molecular weight is 343 g/mol. The second kappa shape index (κ2) is 6.65. The van der Waals surface area contributed by atoms with Gasteiger partial charge in [-0.15, -0.1) is 0 Å². The fourth-order valence-corrected chi connectivity index (χ4v) is 3.36. The van der Waals surface area contributed by atoms with Crippen LogP contribution < -0.4 is 5.32 Å². The molecule has 1 aliphatic rings. The molecule has 1 N–H and O–H groups in total. The lowest BCUT2D eigenvalue weighted by Gasteiger charge is -2.08. The Kier molecular flexibility index (Phi) is 4.57. The number of carbonyl (C=O) groups is 1. The summed E-state index contributed by atoms with van der Waals surface area (Å²) in [4.78, 5) is 17.0. The number of halogens is 1. The number of carbonyl (C=O) groups excluding carboxylic acids is 1. The van der Waals surface area contributed by atoms with E-state index in [0.717, 1.165) is 11.3 Å². The Bertz CT molecular complexity index is 834. The minimum Gasteiger partial charge on any atom is -0.349 e. The third-order valence-electron chi connectivity index (χ3n) is 3.63. The van der Waals surface area contributed by atoms with Crippen molar-refractivity contribution in [3.8, 4) is 0 Å². The number of aromatic nitrogens is 1. The van der Waals surface area contributed by atoms with E-state index >= 15 is 0 Å². The molecule has 2 aromatic rings. The molecular weight excluding hydrogens is 325 g/mol. The maximum absolute atomic E-state index is 12.9. The van der Waals surface area contributed by atoms with Gasteiger partial charge in [-0.3, -0.25) is 4.79 Å². The number of amides is 1. The van der Waals surface area contributed by atoms with Crippen molar-refractivity contribution in [3.63, 3.8) is 0 Å². The topological polar surface area (TPSA) is 46.4 Å². The van der Waals surface area contributed by atoms with Crippen molar-refractivity contribution in [3.05, 3.63) is 58.5 Å². The third-order valence-corrected chi connectivity index (χ3v) is 4.54. The SMILES string of the molecule is Cc1cc(/C=C2/SC(=Nc3ccc(F)cc3)NC2=O)cn1C(C)C. The zero-order chi connectivity index (χ0) is 17.3. The molecule has 1 aliphatic heterocycles. The summed E-state index contributed by atoms with van der Waals surface area (Å²) in [5, 5.41) is 3.23. The molecular formula is C18H18FN3OS. The Morgan fingerprint density at radius 1 is 1.29 bits per heavy atom. The number of hydrogen-bond donors (Lipinski definition) is 1. The van der Waals surface area contributed by atoms with Gasteiger partial charge in [0.2, 0.25) is 0 Å². The minimum atomic E-state index is -0.312. The van der Waals surface area contributed by atoms with Gasteiger partial charge >= 0.3 is 0 Å². The van der Waals surface area contributed by atoms with Crippen molar-refractivity contribution in [1.29, 1.82) is 0 Å². The highest BCUT2D eigenvalue weighted by molar-refractivity contribution is 8.18. The molecule has 124 valence electrons. The summed E-state index contributed by atoms with van der Waals surface area (Å²) < 4.78 is 15.1. The van der Waals surface area contributed by atoms with Crippen molar-refractivity contribution in [2.75, 3.05) is 0 Å². The van der Waals surface area contributed by atoms with E-state index in [9.17, 15) is 9.18 Å². The largest absolute Gasteiger partial charge is 0.349 e. The molecule has 1 amide bonds. The van der Waals surface area contributed by atoms with Crippen LogP contribution in [0.1, 0.15) is 31.1 Å². The van der Waals surface area contributed by atoms with Gasteiger partial charge in [0.25, 0.3) is 5.91 Å². The van der Waals surface area contributed by atoms with Crippen molar-refractivity contribution >= 4 is 34.6 Å². The van der Waals surface area contributed by atoms with Crippen LogP contribution in [0.4, 0.5) is 10.1 Å². The molecule has 3 rings (SSSR count). The van der Waals surface area contributed by atoms with Gasteiger partial charge in [-0.25, -0.2) is 9.38 Å². The fourth-order valence-electron chi connectivity index (χ4n) is 2.52. The van der Waals surface area contributed by atoms with Crippen molar-refractivity contribution in [2.45, 2.75) is 26.8 Å². The Morgan fingerprint density at radius 3 is 2.62 bits per heavy atom. The zero-order valence-corrected chi connectivity index (χ0v) is 14.5. The van der Waals surface area contributed by atoms with Crippen LogP contribution in [0.3, 0.4) is 0 Å². The Labute approximate surface area is 144 Å². The van der Waals surface area contributed by atoms with Crippen LogP contribution >= 0.6 is 11.8 Å². The Morgan fingerprint density at radius 2 is 2.00 bits per heavy atom. The predicted molar refractivity (Wildman–Crippen MR) is 96.8 cm³/mol. The molecule has 0 radical (unpaired) electrons. The highest BCUT2D eigenvalue weighted by Crippen LogP contribution is 2.28. The van der Waals surface area contributed by atoms with Gasteiger partial charge in [0.05, 0.1) is 10.6 Å². The first-order valence-corrected chi connectivity index (χ1v) is 8.47. The molecule has 0 bridgehead atoms. The summed E-state index contributed by atoms with van der Waals surface area (Å²) in [6, 6.07) is 8.25. The average Bonchev–Trinajstić information content (AvgIpc) is 3.05. The van der Waals surface area contributed by atoms with Crippen molar-refractivity contribution < 1.29 is 9.18 Å². The molecule has 6 heteroatoms. The van der Waals surface area contributed by atoms with Crippen LogP contribution in [0.25, 0.3) is 6.08 Å². The molecule has 1 aromatic carbocycles. The first kappa shape index (κ1) is 16.5. The molecule has 1 fully saturated rings. The lowest BCUT2D eigenvalue weighted by atomic mass is 10.3. The summed E-state index contributed by atoms with van der Waals surface area (Å²) in [5.41, 5.74) is 2.74. The zero-order valence-electron chi connectivity index (χ0n) is 13.7. The van der Waals surface area contributed by atoms with Crippen LogP contribution in [-0.4, -0.2) is 15.6 Å². The van der Waals surface area contributed by atoms with Gasteiger partial charge in [-0.2, -0.15) is 0 Å². The lowest BCUT2D eigenvalue weighted by Crippen LogP contribution is -2.19. The van der Waals surface area contributed by atoms with Gasteiger partial charge in [-0.1, -0.05) is 0 Å². The number of nitrogens with one attached hydrogen (secondary N) is 1. The quantitative estimate of drug-likeness (QED) is 0.839. The molecule has 0 aliphatic carbocycles. The van der Waals surface area contributed by atoms with Crippen molar-refractivity contribution in [1.82, 2.24) is 9.88 Å². The second-order valence-corrected chi connectivity index (χ2v) is 6.90. The normalized spacial score (nSPS) is 18.0. The molecule has 1 aromatic heterocycles.